The SMILES string of the molecule is Cl.O=C(C1CNCCO1)N1CCN(S(=O)(=O)c2ccc3c(c2)CCC3)CC1. The van der Waals surface area contributed by atoms with E-state index in [2.05, 4.69) is 5.32 Å². The zero-order chi connectivity index (χ0) is 18.1. The van der Waals surface area contributed by atoms with E-state index in [1.165, 1.54) is 9.87 Å². The second-order valence-electron chi connectivity index (χ2n) is 7.08. The van der Waals surface area contributed by atoms with Crippen LogP contribution < -0.4 is 5.32 Å². The molecule has 0 bridgehead atoms. The summed E-state index contributed by atoms with van der Waals surface area (Å²) in [5.41, 5.74) is 2.42. The van der Waals surface area contributed by atoms with Gasteiger partial charge in [0.15, 0.2) is 0 Å². The summed E-state index contributed by atoms with van der Waals surface area (Å²) >= 11 is 0. The van der Waals surface area contributed by atoms with Gasteiger partial charge in [-0.1, -0.05) is 6.07 Å². The first-order valence-electron chi connectivity index (χ1n) is 9.29. The van der Waals surface area contributed by atoms with Gasteiger partial charge < -0.3 is 15.0 Å². The molecule has 1 aromatic rings. The lowest BCUT2D eigenvalue weighted by Gasteiger charge is -2.36. The molecule has 0 saturated carbocycles. The molecule has 2 heterocycles. The molecule has 4 rings (SSSR count). The van der Waals surface area contributed by atoms with E-state index in [4.69, 9.17) is 4.74 Å². The highest BCUT2D eigenvalue weighted by molar-refractivity contribution is 7.89. The fraction of sp³-hybridized carbons (Fsp3) is 0.611. The molecule has 0 spiro atoms. The molecular weight excluding hydrogens is 390 g/mol. The molecule has 7 nitrogen and oxygen atoms in total. The van der Waals surface area contributed by atoms with E-state index < -0.39 is 16.1 Å². The number of piperazine rings is 1. The lowest BCUT2D eigenvalue weighted by Crippen LogP contribution is -2.55. The molecule has 0 aromatic heterocycles. The van der Waals surface area contributed by atoms with Crippen LogP contribution in [0.15, 0.2) is 23.1 Å². The number of halogens is 1. The van der Waals surface area contributed by atoms with Crippen molar-refractivity contribution < 1.29 is 17.9 Å². The number of nitrogens with one attached hydrogen (secondary N) is 1. The number of rotatable bonds is 3. The third kappa shape index (κ3) is 4.14. The van der Waals surface area contributed by atoms with Crippen molar-refractivity contribution in [2.75, 3.05) is 45.9 Å². The number of nitrogens with zero attached hydrogens (tertiary/aromatic N) is 2. The number of carbonyl (C=O) groups is 1. The first-order valence-corrected chi connectivity index (χ1v) is 10.7. The molecule has 150 valence electrons. The number of aryl methyl sites for hydroxylation is 2. The summed E-state index contributed by atoms with van der Waals surface area (Å²) in [6, 6.07) is 5.50. The van der Waals surface area contributed by atoms with Gasteiger partial charge in [-0.05, 0) is 42.5 Å². The zero-order valence-electron chi connectivity index (χ0n) is 15.2. The van der Waals surface area contributed by atoms with E-state index in [-0.39, 0.29) is 18.3 Å². The molecule has 1 aliphatic carbocycles. The normalized spacial score (nSPS) is 23.6. The fourth-order valence-corrected chi connectivity index (χ4v) is 5.41. The first kappa shape index (κ1) is 20.5. The van der Waals surface area contributed by atoms with Crippen molar-refractivity contribution in [3.8, 4) is 0 Å². The molecule has 1 amide bonds. The number of ether oxygens (including phenoxy) is 1. The van der Waals surface area contributed by atoms with E-state index in [0.717, 1.165) is 31.4 Å². The predicted octanol–water partition coefficient (Wildman–Crippen LogP) is 0.418. The number of hydrogen-bond donors (Lipinski definition) is 1. The Morgan fingerprint density at radius 1 is 1.11 bits per heavy atom. The monoisotopic (exact) mass is 415 g/mol. The number of hydrogen-bond acceptors (Lipinski definition) is 5. The van der Waals surface area contributed by atoms with Gasteiger partial charge in [0.05, 0.1) is 11.5 Å². The topological polar surface area (TPSA) is 79.0 Å². The third-order valence-corrected chi connectivity index (χ3v) is 7.36. The summed E-state index contributed by atoms with van der Waals surface area (Å²) in [4.78, 5) is 14.6. The Bertz CT molecular complexity index is 788. The molecule has 1 N–H and O–H groups in total. The van der Waals surface area contributed by atoms with Crippen LogP contribution in [0.25, 0.3) is 0 Å². The lowest BCUT2D eigenvalue weighted by molar-refractivity contribution is -0.146. The van der Waals surface area contributed by atoms with Crippen molar-refractivity contribution in [3.63, 3.8) is 0 Å². The number of sulfonamides is 1. The van der Waals surface area contributed by atoms with Gasteiger partial charge in [-0.2, -0.15) is 4.31 Å². The van der Waals surface area contributed by atoms with E-state index in [1.807, 2.05) is 12.1 Å². The summed E-state index contributed by atoms with van der Waals surface area (Å²) in [5.74, 6) is -0.0493. The first-order chi connectivity index (χ1) is 12.6. The molecule has 2 fully saturated rings. The second-order valence-corrected chi connectivity index (χ2v) is 9.01. The number of morpholine rings is 1. The minimum Gasteiger partial charge on any atom is -0.366 e. The van der Waals surface area contributed by atoms with E-state index in [1.54, 1.807) is 11.0 Å². The van der Waals surface area contributed by atoms with Crippen LogP contribution in [0, 0.1) is 0 Å². The van der Waals surface area contributed by atoms with Crippen LogP contribution in [0.1, 0.15) is 17.5 Å². The van der Waals surface area contributed by atoms with Gasteiger partial charge in [-0.15, -0.1) is 12.4 Å². The van der Waals surface area contributed by atoms with Crippen LogP contribution in [-0.2, 0) is 32.4 Å². The van der Waals surface area contributed by atoms with Crippen molar-refractivity contribution in [3.05, 3.63) is 29.3 Å². The highest BCUT2D eigenvalue weighted by Crippen LogP contribution is 2.26. The van der Waals surface area contributed by atoms with E-state index in [0.29, 0.717) is 44.2 Å². The number of amides is 1. The molecular formula is C18H26ClN3O4S. The summed E-state index contributed by atoms with van der Waals surface area (Å²) in [7, 11) is -3.51. The number of carbonyl (C=O) groups excluding carboxylic acids is 1. The Kier molecular flexibility index (Phi) is 6.43. The lowest BCUT2D eigenvalue weighted by atomic mass is 10.1. The van der Waals surface area contributed by atoms with Gasteiger partial charge in [0.25, 0.3) is 5.91 Å². The van der Waals surface area contributed by atoms with Crippen LogP contribution in [-0.4, -0.2) is 75.5 Å². The largest absolute Gasteiger partial charge is 0.366 e. The van der Waals surface area contributed by atoms with E-state index >= 15 is 0 Å². The maximum absolute atomic E-state index is 13.0. The highest BCUT2D eigenvalue weighted by Gasteiger charge is 2.33. The maximum atomic E-state index is 13.0. The van der Waals surface area contributed by atoms with Gasteiger partial charge in [-0.3, -0.25) is 4.79 Å². The Hall–Kier alpha value is -1.19. The van der Waals surface area contributed by atoms with Crippen LogP contribution in [0.2, 0.25) is 0 Å². The standard InChI is InChI=1S/C18H25N3O4S.ClH/c22-18(17-13-19-6-11-25-17)20-7-9-21(10-8-20)26(23,24)16-5-4-14-2-1-3-15(14)12-16;/h4-5,12,17,19H,1-3,6-11,13H2;1H. The van der Waals surface area contributed by atoms with Gasteiger partial charge >= 0.3 is 0 Å². The van der Waals surface area contributed by atoms with Crippen LogP contribution in [0.5, 0.6) is 0 Å². The highest BCUT2D eigenvalue weighted by atomic mass is 35.5. The van der Waals surface area contributed by atoms with Gasteiger partial charge in [0, 0.05) is 39.3 Å². The quantitative estimate of drug-likeness (QED) is 0.774. The van der Waals surface area contributed by atoms with Crippen LogP contribution in [0.3, 0.4) is 0 Å². The maximum Gasteiger partial charge on any atom is 0.253 e. The summed E-state index contributed by atoms with van der Waals surface area (Å²) in [6.45, 7) is 3.27. The van der Waals surface area contributed by atoms with Crippen molar-refractivity contribution in [2.24, 2.45) is 0 Å². The smallest absolute Gasteiger partial charge is 0.253 e. The molecule has 9 heteroatoms. The minimum atomic E-state index is -3.51. The third-order valence-electron chi connectivity index (χ3n) is 5.46. The fourth-order valence-electron chi connectivity index (χ4n) is 3.93. The average Bonchev–Trinajstić information content (AvgIpc) is 3.16. The molecule has 2 aliphatic heterocycles. The van der Waals surface area contributed by atoms with Gasteiger partial charge in [0.2, 0.25) is 10.0 Å². The van der Waals surface area contributed by atoms with Crippen LogP contribution >= 0.6 is 12.4 Å². The number of fused-ring (bicyclic) bond motifs is 1. The zero-order valence-corrected chi connectivity index (χ0v) is 16.9. The second kappa shape index (κ2) is 8.45. The average molecular weight is 416 g/mol. The van der Waals surface area contributed by atoms with Crippen molar-refractivity contribution in [1.82, 2.24) is 14.5 Å². The Morgan fingerprint density at radius 3 is 2.56 bits per heavy atom. The molecule has 2 saturated heterocycles. The van der Waals surface area contributed by atoms with Crippen LogP contribution in [0.4, 0.5) is 0 Å². The Labute approximate surface area is 166 Å². The van der Waals surface area contributed by atoms with Gasteiger partial charge in [-0.25, -0.2) is 8.42 Å². The molecule has 1 aromatic carbocycles. The number of benzene rings is 1. The summed E-state index contributed by atoms with van der Waals surface area (Å²) < 4.78 is 32.9. The van der Waals surface area contributed by atoms with E-state index in [9.17, 15) is 13.2 Å². The van der Waals surface area contributed by atoms with Gasteiger partial charge in [0.1, 0.15) is 6.10 Å². The Morgan fingerprint density at radius 2 is 1.85 bits per heavy atom. The molecule has 0 radical (unpaired) electrons. The molecule has 1 atom stereocenters. The van der Waals surface area contributed by atoms with Crippen molar-refractivity contribution >= 4 is 28.3 Å². The van der Waals surface area contributed by atoms with Crippen molar-refractivity contribution in [1.29, 1.82) is 0 Å². The summed E-state index contributed by atoms with van der Waals surface area (Å²) in [6.07, 6.45) is 2.63. The molecule has 1 unspecified atom stereocenters. The minimum absolute atomic E-state index is 0. The predicted molar refractivity (Wildman–Crippen MR) is 104 cm³/mol. The molecule has 3 aliphatic rings. The summed E-state index contributed by atoms with van der Waals surface area (Å²) in [5, 5.41) is 3.15. The molecule has 27 heavy (non-hydrogen) atoms. The van der Waals surface area contributed by atoms with Crippen molar-refractivity contribution in [2.45, 2.75) is 30.3 Å². The Balaban J connectivity index is 0.00000210.